The van der Waals surface area contributed by atoms with Gasteiger partial charge in [-0.25, -0.2) is 0 Å². The third-order valence-electron chi connectivity index (χ3n) is 3.04. The van der Waals surface area contributed by atoms with Crippen LogP contribution in [0.3, 0.4) is 0 Å². The van der Waals surface area contributed by atoms with Crippen LogP contribution in [0.25, 0.3) is 0 Å². The summed E-state index contributed by atoms with van der Waals surface area (Å²) in [5.74, 6) is 1.63. The van der Waals surface area contributed by atoms with E-state index in [0.717, 1.165) is 18.2 Å². The molecule has 0 radical (unpaired) electrons. The lowest BCUT2D eigenvalue weighted by Crippen LogP contribution is -2.30. The van der Waals surface area contributed by atoms with Gasteiger partial charge in [-0.05, 0) is 36.9 Å². The first kappa shape index (κ1) is 10.4. The van der Waals surface area contributed by atoms with Crippen molar-refractivity contribution in [3.8, 4) is 5.75 Å². The van der Waals surface area contributed by atoms with Gasteiger partial charge >= 0.3 is 0 Å². The average Bonchev–Trinajstić information content (AvgIpc) is 2.29. The van der Waals surface area contributed by atoms with Crippen molar-refractivity contribution < 1.29 is 4.74 Å². The molecule has 1 aromatic heterocycles. The summed E-state index contributed by atoms with van der Waals surface area (Å²) >= 11 is 0. The van der Waals surface area contributed by atoms with E-state index in [2.05, 4.69) is 23.3 Å². The Bertz CT molecular complexity index is 327. The molecule has 3 heteroatoms. The van der Waals surface area contributed by atoms with Gasteiger partial charge < -0.3 is 10.1 Å². The molecule has 0 spiro atoms. The van der Waals surface area contributed by atoms with E-state index in [0.29, 0.717) is 6.04 Å². The van der Waals surface area contributed by atoms with Crippen LogP contribution in [0.1, 0.15) is 31.4 Å². The predicted octanol–water partition coefficient (Wildman–Crippen LogP) is 2.15. The van der Waals surface area contributed by atoms with Gasteiger partial charge in [0.05, 0.1) is 13.3 Å². The van der Waals surface area contributed by atoms with Crippen molar-refractivity contribution in [2.75, 3.05) is 13.7 Å². The van der Waals surface area contributed by atoms with Crippen LogP contribution >= 0.6 is 0 Å². The Morgan fingerprint density at radius 1 is 1.47 bits per heavy atom. The van der Waals surface area contributed by atoms with Crippen LogP contribution in [-0.4, -0.2) is 18.6 Å². The van der Waals surface area contributed by atoms with Crippen molar-refractivity contribution in [1.29, 1.82) is 0 Å². The van der Waals surface area contributed by atoms with Gasteiger partial charge in [0.1, 0.15) is 5.75 Å². The Morgan fingerprint density at radius 2 is 2.33 bits per heavy atom. The summed E-state index contributed by atoms with van der Waals surface area (Å²) < 4.78 is 5.18. The minimum absolute atomic E-state index is 0.441. The Balaban J connectivity index is 2.13. The molecule has 0 amide bonds. The summed E-state index contributed by atoms with van der Waals surface area (Å²) in [5.41, 5.74) is 1.24. The van der Waals surface area contributed by atoms with Gasteiger partial charge in [0.15, 0.2) is 0 Å². The first-order valence-electron chi connectivity index (χ1n) is 5.52. The molecule has 0 saturated carbocycles. The van der Waals surface area contributed by atoms with Crippen molar-refractivity contribution in [1.82, 2.24) is 10.3 Å². The zero-order valence-electron chi connectivity index (χ0n) is 9.36. The fourth-order valence-corrected chi connectivity index (χ4v) is 2.10. The van der Waals surface area contributed by atoms with Crippen molar-refractivity contribution in [3.05, 3.63) is 24.0 Å². The van der Waals surface area contributed by atoms with E-state index in [1.807, 2.05) is 6.20 Å². The number of pyridine rings is 1. The molecule has 82 valence electrons. The SMILES string of the molecule is COc1cncc(C2CC(C)CCN2)c1. The first-order valence-corrected chi connectivity index (χ1v) is 5.52. The lowest BCUT2D eigenvalue weighted by atomic mass is 9.91. The van der Waals surface area contributed by atoms with Gasteiger partial charge in [-0.2, -0.15) is 0 Å². The molecule has 3 nitrogen and oxygen atoms in total. The Hall–Kier alpha value is -1.09. The Morgan fingerprint density at radius 3 is 3.07 bits per heavy atom. The molecule has 0 aliphatic carbocycles. The maximum Gasteiger partial charge on any atom is 0.137 e. The van der Waals surface area contributed by atoms with E-state index in [-0.39, 0.29) is 0 Å². The van der Waals surface area contributed by atoms with Crippen LogP contribution in [0.15, 0.2) is 18.5 Å². The topological polar surface area (TPSA) is 34.1 Å². The number of ether oxygens (including phenoxy) is 1. The number of piperidine rings is 1. The zero-order chi connectivity index (χ0) is 10.7. The van der Waals surface area contributed by atoms with Crippen LogP contribution < -0.4 is 10.1 Å². The maximum absolute atomic E-state index is 5.18. The molecule has 15 heavy (non-hydrogen) atoms. The second-order valence-electron chi connectivity index (χ2n) is 4.29. The molecule has 2 rings (SSSR count). The number of rotatable bonds is 2. The molecule has 1 aromatic rings. The minimum atomic E-state index is 0.441. The Labute approximate surface area is 90.9 Å². The highest BCUT2D eigenvalue weighted by atomic mass is 16.5. The van der Waals surface area contributed by atoms with Crippen molar-refractivity contribution >= 4 is 0 Å². The van der Waals surface area contributed by atoms with E-state index in [9.17, 15) is 0 Å². The summed E-state index contributed by atoms with van der Waals surface area (Å²) in [4.78, 5) is 4.19. The van der Waals surface area contributed by atoms with Gasteiger partial charge in [0.2, 0.25) is 0 Å². The summed E-state index contributed by atoms with van der Waals surface area (Å²) in [6, 6.07) is 2.51. The summed E-state index contributed by atoms with van der Waals surface area (Å²) in [5, 5.41) is 3.52. The number of hydrogen-bond acceptors (Lipinski definition) is 3. The number of hydrogen-bond donors (Lipinski definition) is 1. The zero-order valence-corrected chi connectivity index (χ0v) is 9.36. The van der Waals surface area contributed by atoms with Gasteiger partial charge in [0.25, 0.3) is 0 Å². The molecular weight excluding hydrogens is 188 g/mol. The normalized spacial score (nSPS) is 26.3. The third kappa shape index (κ3) is 2.48. The summed E-state index contributed by atoms with van der Waals surface area (Å²) in [6.07, 6.45) is 6.14. The monoisotopic (exact) mass is 206 g/mol. The average molecular weight is 206 g/mol. The highest BCUT2D eigenvalue weighted by Crippen LogP contribution is 2.27. The van der Waals surface area contributed by atoms with Gasteiger partial charge in [-0.3, -0.25) is 4.98 Å². The maximum atomic E-state index is 5.18. The molecule has 1 fully saturated rings. The molecule has 2 atom stereocenters. The number of nitrogens with zero attached hydrogens (tertiary/aromatic N) is 1. The van der Waals surface area contributed by atoms with E-state index in [4.69, 9.17) is 4.74 Å². The van der Waals surface area contributed by atoms with Crippen molar-refractivity contribution in [3.63, 3.8) is 0 Å². The van der Waals surface area contributed by atoms with Crippen molar-refractivity contribution in [2.45, 2.75) is 25.8 Å². The molecule has 0 bridgehead atoms. The van der Waals surface area contributed by atoms with Crippen LogP contribution in [0.4, 0.5) is 0 Å². The quantitative estimate of drug-likeness (QED) is 0.805. The van der Waals surface area contributed by atoms with Crippen LogP contribution in [-0.2, 0) is 0 Å². The lowest BCUT2D eigenvalue weighted by Gasteiger charge is -2.28. The summed E-state index contributed by atoms with van der Waals surface area (Å²) in [6.45, 7) is 3.41. The largest absolute Gasteiger partial charge is 0.495 e. The second kappa shape index (κ2) is 4.62. The molecule has 0 aromatic carbocycles. The minimum Gasteiger partial charge on any atom is -0.495 e. The van der Waals surface area contributed by atoms with E-state index < -0.39 is 0 Å². The summed E-state index contributed by atoms with van der Waals surface area (Å²) in [7, 11) is 1.68. The Kier molecular flexibility index (Phi) is 3.21. The molecule has 2 unspecified atom stereocenters. The third-order valence-corrected chi connectivity index (χ3v) is 3.04. The van der Waals surface area contributed by atoms with E-state index in [1.165, 1.54) is 18.4 Å². The molecule has 1 saturated heterocycles. The van der Waals surface area contributed by atoms with Gasteiger partial charge in [0, 0.05) is 12.2 Å². The number of aromatic nitrogens is 1. The fourth-order valence-electron chi connectivity index (χ4n) is 2.10. The van der Waals surface area contributed by atoms with E-state index >= 15 is 0 Å². The standard InChI is InChI=1S/C12H18N2O/c1-9-3-4-14-12(5-9)10-6-11(15-2)8-13-7-10/h6-9,12,14H,3-5H2,1-2H3. The van der Waals surface area contributed by atoms with Crippen molar-refractivity contribution in [2.24, 2.45) is 5.92 Å². The molecule has 1 N–H and O–H groups in total. The highest BCUT2D eigenvalue weighted by molar-refractivity contribution is 5.26. The molecule has 1 aliphatic rings. The van der Waals surface area contributed by atoms with Gasteiger partial charge in [-0.1, -0.05) is 6.92 Å². The fraction of sp³-hybridized carbons (Fsp3) is 0.583. The smallest absolute Gasteiger partial charge is 0.137 e. The molecule has 2 heterocycles. The highest BCUT2D eigenvalue weighted by Gasteiger charge is 2.20. The number of methoxy groups -OCH3 is 1. The molecular formula is C12H18N2O. The van der Waals surface area contributed by atoms with Crippen LogP contribution in [0.2, 0.25) is 0 Å². The predicted molar refractivity (Wildman–Crippen MR) is 59.9 cm³/mol. The first-order chi connectivity index (χ1) is 7.29. The van der Waals surface area contributed by atoms with Crippen LogP contribution in [0.5, 0.6) is 5.75 Å². The van der Waals surface area contributed by atoms with E-state index in [1.54, 1.807) is 13.3 Å². The second-order valence-corrected chi connectivity index (χ2v) is 4.29. The lowest BCUT2D eigenvalue weighted by molar-refractivity contribution is 0.323. The molecule has 1 aliphatic heterocycles. The van der Waals surface area contributed by atoms with Crippen LogP contribution in [0, 0.1) is 5.92 Å². The van der Waals surface area contributed by atoms with Gasteiger partial charge in [-0.15, -0.1) is 0 Å². The number of nitrogens with one attached hydrogen (secondary N) is 1.